The van der Waals surface area contributed by atoms with E-state index in [1.165, 1.54) is 0 Å². The van der Waals surface area contributed by atoms with Gasteiger partial charge in [0.15, 0.2) is 0 Å². The molecule has 0 bridgehead atoms. The molecule has 0 nitrogen and oxygen atoms in total. The Morgan fingerprint density at radius 2 is 1.56 bits per heavy atom. The Hall–Kier alpha value is -1.02. The molecular formula is C16H26F2. The number of rotatable bonds is 0. The second-order valence-electron chi connectivity index (χ2n) is 5.86. The third kappa shape index (κ3) is 24.3. The van der Waals surface area contributed by atoms with Gasteiger partial charge >= 0.3 is 5.92 Å². The van der Waals surface area contributed by atoms with Crippen LogP contribution in [0, 0.1) is 29.6 Å². The fourth-order valence-corrected chi connectivity index (χ4v) is 0.991. The third-order valence-electron chi connectivity index (χ3n) is 1.56. The zero-order valence-corrected chi connectivity index (χ0v) is 12.4. The maximum atomic E-state index is 12.5. The molecule has 0 amide bonds. The highest BCUT2D eigenvalue weighted by Crippen LogP contribution is 2.22. The summed E-state index contributed by atoms with van der Waals surface area (Å²) in [6.45, 7) is 10.4. The van der Waals surface area contributed by atoms with Crippen LogP contribution in [0.15, 0.2) is 0 Å². The van der Waals surface area contributed by atoms with Crippen molar-refractivity contribution in [2.45, 2.75) is 72.6 Å². The van der Waals surface area contributed by atoms with Gasteiger partial charge in [-0.3, -0.25) is 0 Å². The van der Waals surface area contributed by atoms with Crippen LogP contribution in [0.2, 0.25) is 0 Å². The first-order chi connectivity index (χ1) is 8.12. The van der Waals surface area contributed by atoms with Crippen molar-refractivity contribution in [3.63, 3.8) is 0 Å². The van der Waals surface area contributed by atoms with Crippen molar-refractivity contribution >= 4 is 0 Å². The molecule has 0 saturated carbocycles. The van der Waals surface area contributed by atoms with Crippen LogP contribution in [0.25, 0.3) is 0 Å². The monoisotopic (exact) mass is 256 g/mol. The van der Waals surface area contributed by atoms with Gasteiger partial charge < -0.3 is 0 Å². The maximum absolute atomic E-state index is 12.5. The second-order valence-corrected chi connectivity index (χ2v) is 5.86. The summed E-state index contributed by atoms with van der Waals surface area (Å²) in [4.78, 5) is 0. The van der Waals surface area contributed by atoms with Gasteiger partial charge in [0.25, 0.3) is 0 Å². The molecule has 0 saturated heterocycles. The minimum Gasteiger partial charge on any atom is -0.192 e. The van der Waals surface area contributed by atoms with Crippen molar-refractivity contribution in [2.75, 3.05) is 0 Å². The number of alkyl halides is 2. The normalized spacial score (nSPS) is 17.0. The van der Waals surface area contributed by atoms with E-state index in [-0.39, 0.29) is 6.42 Å². The van der Waals surface area contributed by atoms with E-state index in [0.717, 1.165) is 12.8 Å². The smallest absolute Gasteiger partial charge is 0.192 e. The lowest BCUT2D eigenvalue weighted by Gasteiger charge is -2.09. The van der Waals surface area contributed by atoms with Gasteiger partial charge in [0.05, 0.1) is 0 Å². The van der Waals surface area contributed by atoms with Gasteiger partial charge in [-0.15, -0.1) is 12.3 Å². The zero-order chi connectivity index (χ0) is 14.7. The molecule has 0 fully saturated rings. The largest absolute Gasteiger partial charge is 0.308 e. The topological polar surface area (TPSA) is 0 Å². The summed E-state index contributed by atoms with van der Waals surface area (Å²) in [6.07, 6.45) is 7.66. The summed E-state index contributed by atoms with van der Waals surface area (Å²) in [5.41, 5.74) is 0.500. The second kappa shape index (κ2) is 9.95. The Balaban J connectivity index is 0. The number of halogens is 2. The van der Waals surface area contributed by atoms with Gasteiger partial charge in [0, 0.05) is 12.8 Å². The molecule has 0 aliphatic heterocycles. The standard InChI is InChI=1S/C8H10F2.C5H12.C3H4/c9-8(10)6-4-2-1-3-5-7-8;1-5(2,3)4;1-3-2/h1-4,6H2;1-4H3;1H,2H3. The zero-order valence-electron chi connectivity index (χ0n) is 12.4. The molecule has 0 atom stereocenters. The Bertz CT molecular complexity index is 286. The van der Waals surface area contributed by atoms with Crippen LogP contribution in [-0.2, 0) is 0 Å². The van der Waals surface area contributed by atoms with Crippen molar-refractivity contribution < 1.29 is 8.78 Å². The van der Waals surface area contributed by atoms with E-state index in [9.17, 15) is 8.78 Å². The lowest BCUT2D eigenvalue weighted by atomic mass is 10.0. The van der Waals surface area contributed by atoms with Crippen LogP contribution < -0.4 is 0 Å². The summed E-state index contributed by atoms with van der Waals surface area (Å²) in [5.74, 6) is 4.00. The van der Waals surface area contributed by atoms with Crippen LogP contribution in [0.3, 0.4) is 0 Å². The Morgan fingerprint density at radius 1 is 1.11 bits per heavy atom. The lowest BCUT2D eigenvalue weighted by Crippen LogP contribution is -2.13. The fraction of sp³-hybridized carbons (Fsp3) is 0.750. The highest BCUT2D eigenvalue weighted by molar-refractivity contribution is 5.09. The van der Waals surface area contributed by atoms with E-state index >= 15 is 0 Å². The third-order valence-corrected chi connectivity index (χ3v) is 1.56. The van der Waals surface area contributed by atoms with Crippen LogP contribution in [0.4, 0.5) is 8.78 Å². The Kier molecular flexibility index (Phi) is 10.7. The molecule has 1 aliphatic rings. The van der Waals surface area contributed by atoms with E-state index < -0.39 is 5.92 Å². The molecule has 18 heavy (non-hydrogen) atoms. The summed E-state index contributed by atoms with van der Waals surface area (Å²) in [6, 6.07) is 0. The molecule has 0 spiro atoms. The maximum Gasteiger partial charge on any atom is 0.308 e. The lowest BCUT2D eigenvalue weighted by molar-refractivity contribution is 0.0528. The van der Waals surface area contributed by atoms with Gasteiger partial charge in [0.2, 0.25) is 0 Å². The molecule has 0 unspecified atom stereocenters. The van der Waals surface area contributed by atoms with E-state index in [1.54, 1.807) is 6.92 Å². The fourth-order valence-electron chi connectivity index (χ4n) is 0.991. The average molecular weight is 256 g/mol. The molecule has 104 valence electrons. The average Bonchev–Trinajstić information content (AvgIpc) is 2.11. The SMILES string of the molecule is C#CC.CC(C)(C)C.FC1(F)C#CCCCCC1. The van der Waals surface area contributed by atoms with Gasteiger partial charge in [-0.1, -0.05) is 40.0 Å². The predicted molar refractivity (Wildman–Crippen MR) is 75.4 cm³/mol. The molecule has 0 aromatic heterocycles. The predicted octanol–water partition coefficient (Wildman–Crippen LogP) is 5.28. The van der Waals surface area contributed by atoms with Crippen LogP contribution in [0.5, 0.6) is 0 Å². The molecule has 0 aromatic rings. The van der Waals surface area contributed by atoms with Gasteiger partial charge in [-0.2, -0.15) is 8.78 Å². The van der Waals surface area contributed by atoms with Crippen LogP contribution in [-0.4, -0.2) is 5.92 Å². The summed E-state index contributed by atoms with van der Waals surface area (Å²) < 4.78 is 24.9. The highest BCUT2D eigenvalue weighted by Gasteiger charge is 2.25. The molecular weight excluding hydrogens is 230 g/mol. The molecule has 0 aromatic carbocycles. The van der Waals surface area contributed by atoms with E-state index in [0.29, 0.717) is 18.3 Å². The van der Waals surface area contributed by atoms with E-state index in [2.05, 4.69) is 46.0 Å². The van der Waals surface area contributed by atoms with E-state index in [1.807, 2.05) is 5.92 Å². The van der Waals surface area contributed by atoms with Crippen molar-refractivity contribution in [3.05, 3.63) is 0 Å². The molecule has 1 rings (SSSR count). The van der Waals surface area contributed by atoms with Gasteiger partial charge in [-0.05, 0) is 31.1 Å². The van der Waals surface area contributed by atoms with Gasteiger partial charge in [-0.25, -0.2) is 0 Å². The quantitative estimate of drug-likeness (QED) is 0.517. The highest BCUT2D eigenvalue weighted by atomic mass is 19.3. The Labute approximate surface area is 112 Å². The molecule has 0 N–H and O–H groups in total. The summed E-state index contributed by atoms with van der Waals surface area (Å²) in [7, 11) is 0. The first kappa shape index (κ1) is 19.3. The molecule has 0 heterocycles. The van der Waals surface area contributed by atoms with Crippen molar-refractivity contribution in [1.82, 2.24) is 0 Å². The molecule has 0 radical (unpaired) electrons. The number of terminal acetylenes is 1. The molecule has 1 aliphatic carbocycles. The number of hydrogen-bond donors (Lipinski definition) is 0. The van der Waals surface area contributed by atoms with Crippen molar-refractivity contribution in [2.24, 2.45) is 5.41 Å². The first-order valence-corrected chi connectivity index (χ1v) is 6.37. The molecule has 2 heteroatoms. The number of hydrogen-bond acceptors (Lipinski definition) is 0. The Morgan fingerprint density at radius 3 is 2.00 bits per heavy atom. The van der Waals surface area contributed by atoms with Crippen LogP contribution >= 0.6 is 0 Å². The van der Waals surface area contributed by atoms with Crippen molar-refractivity contribution in [1.29, 1.82) is 0 Å². The minimum absolute atomic E-state index is 0.0556. The van der Waals surface area contributed by atoms with Crippen LogP contribution in [0.1, 0.15) is 66.7 Å². The summed E-state index contributed by atoms with van der Waals surface area (Å²) >= 11 is 0. The minimum atomic E-state index is -2.71. The van der Waals surface area contributed by atoms with Gasteiger partial charge in [0.1, 0.15) is 0 Å². The summed E-state index contributed by atoms with van der Waals surface area (Å²) in [5, 5.41) is 0. The van der Waals surface area contributed by atoms with Crippen molar-refractivity contribution in [3.8, 4) is 24.2 Å². The first-order valence-electron chi connectivity index (χ1n) is 6.37. The van der Waals surface area contributed by atoms with E-state index in [4.69, 9.17) is 0 Å².